The smallest absolute Gasteiger partial charge is 0.293 e. The van der Waals surface area contributed by atoms with E-state index >= 15 is 0 Å². The Morgan fingerprint density at radius 2 is 2.11 bits per heavy atom. The van der Waals surface area contributed by atoms with Crippen molar-refractivity contribution in [3.8, 4) is 0 Å². The van der Waals surface area contributed by atoms with Crippen molar-refractivity contribution in [1.29, 1.82) is 0 Å². The van der Waals surface area contributed by atoms with Gasteiger partial charge in [0.25, 0.3) is 5.56 Å². The highest BCUT2D eigenvalue weighted by molar-refractivity contribution is 7.84. The van der Waals surface area contributed by atoms with Crippen LogP contribution in [0.15, 0.2) is 17.2 Å². The summed E-state index contributed by atoms with van der Waals surface area (Å²) in [5.74, 6) is 0.310. The number of hydrogen-bond donors (Lipinski definition) is 1. The summed E-state index contributed by atoms with van der Waals surface area (Å²) in [6.07, 6.45) is 4.93. The first-order valence-electron chi connectivity index (χ1n) is 5.87. The van der Waals surface area contributed by atoms with E-state index in [4.69, 9.17) is 0 Å². The average molecular weight is 271 g/mol. The summed E-state index contributed by atoms with van der Waals surface area (Å²) in [7, 11) is -0.912. The highest BCUT2D eigenvalue weighted by Gasteiger charge is 2.17. The molecule has 0 aliphatic carbocycles. The van der Waals surface area contributed by atoms with Crippen molar-refractivity contribution in [3.63, 3.8) is 0 Å². The zero-order valence-electron chi connectivity index (χ0n) is 11.6. The van der Waals surface area contributed by atoms with Crippen LogP contribution in [0.25, 0.3) is 0 Å². The Labute approximate surface area is 110 Å². The zero-order valence-corrected chi connectivity index (χ0v) is 12.4. The summed E-state index contributed by atoms with van der Waals surface area (Å²) in [5, 5.41) is 2.95. The summed E-state index contributed by atoms with van der Waals surface area (Å²) in [6.45, 7) is 8.22. The van der Waals surface area contributed by atoms with E-state index in [-0.39, 0.29) is 16.3 Å². The van der Waals surface area contributed by atoms with Crippen LogP contribution >= 0.6 is 0 Å². The molecular weight excluding hydrogens is 250 g/mol. The van der Waals surface area contributed by atoms with Gasteiger partial charge in [-0.1, -0.05) is 0 Å². The van der Waals surface area contributed by atoms with Crippen molar-refractivity contribution >= 4 is 16.6 Å². The lowest BCUT2D eigenvalue weighted by atomic mass is 10.1. The molecule has 1 aromatic rings. The molecule has 0 radical (unpaired) electrons. The molecule has 0 aliphatic rings. The average Bonchev–Trinajstić information content (AvgIpc) is 2.25. The second-order valence-corrected chi connectivity index (χ2v) is 7.11. The molecule has 0 aromatic carbocycles. The third-order valence-corrected chi connectivity index (χ3v) is 3.99. The molecule has 1 rings (SSSR count). The fourth-order valence-electron chi connectivity index (χ4n) is 1.42. The lowest BCUT2D eigenvalue weighted by molar-refractivity contribution is 0.383. The van der Waals surface area contributed by atoms with Gasteiger partial charge in [-0.2, -0.15) is 0 Å². The molecule has 2 unspecified atom stereocenters. The van der Waals surface area contributed by atoms with Crippen molar-refractivity contribution in [2.24, 2.45) is 0 Å². The molecule has 18 heavy (non-hydrogen) atoms. The van der Waals surface area contributed by atoms with Crippen LogP contribution in [-0.2, 0) is 16.3 Å². The Bertz CT molecular complexity index is 491. The maximum atomic E-state index is 12.2. The van der Waals surface area contributed by atoms with E-state index in [0.717, 1.165) is 0 Å². The molecule has 1 heterocycles. The van der Waals surface area contributed by atoms with E-state index in [1.165, 1.54) is 0 Å². The van der Waals surface area contributed by atoms with Gasteiger partial charge in [0.15, 0.2) is 5.82 Å². The molecule has 0 spiro atoms. The van der Waals surface area contributed by atoms with Crippen LogP contribution in [0, 0.1) is 0 Å². The van der Waals surface area contributed by atoms with Crippen LogP contribution in [-0.4, -0.2) is 31.8 Å². The number of anilines is 1. The largest absolute Gasteiger partial charge is 0.364 e. The van der Waals surface area contributed by atoms with E-state index in [1.807, 2.05) is 27.7 Å². The Hall–Kier alpha value is -1.17. The molecule has 5 nitrogen and oxygen atoms in total. The Balaban J connectivity index is 2.92. The molecule has 2 atom stereocenters. The van der Waals surface area contributed by atoms with Crippen molar-refractivity contribution < 1.29 is 4.21 Å². The first kappa shape index (κ1) is 14.9. The lowest BCUT2D eigenvalue weighted by Gasteiger charge is -2.22. The van der Waals surface area contributed by atoms with Crippen LogP contribution < -0.4 is 10.9 Å². The van der Waals surface area contributed by atoms with E-state index in [0.29, 0.717) is 12.4 Å². The van der Waals surface area contributed by atoms with Gasteiger partial charge in [-0.05, 0) is 27.7 Å². The highest BCUT2D eigenvalue weighted by Crippen LogP contribution is 2.10. The van der Waals surface area contributed by atoms with Gasteiger partial charge >= 0.3 is 0 Å². The number of nitrogens with one attached hydrogen (secondary N) is 1. The van der Waals surface area contributed by atoms with E-state index in [2.05, 4.69) is 10.3 Å². The Morgan fingerprint density at radius 3 is 2.61 bits per heavy atom. The molecule has 1 aromatic heterocycles. The summed E-state index contributed by atoms with van der Waals surface area (Å²) in [4.78, 5) is 16.2. The minimum atomic E-state index is -0.912. The normalized spacial score (nSPS) is 15.2. The van der Waals surface area contributed by atoms with E-state index in [9.17, 15) is 9.00 Å². The number of nitrogens with zero attached hydrogens (tertiary/aromatic N) is 2. The van der Waals surface area contributed by atoms with Crippen molar-refractivity contribution in [2.75, 3.05) is 18.1 Å². The standard InChI is InChI=1S/C12H21N3O2S/c1-9(18(5)17)8-14-10-11(16)15(7-6-13-10)12(2,3)4/h6-7,9H,8H2,1-5H3,(H,13,14). The van der Waals surface area contributed by atoms with Gasteiger partial charge in [-0.25, -0.2) is 4.98 Å². The Kier molecular flexibility index (Phi) is 4.67. The van der Waals surface area contributed by atoms with Crippen molar-refractivity contribution in [3.05, 3.63) is 22.7 Å². The van der Waals surface area contributed by atoms with Gasteiger partial charge in [0, 0.05) is 46.8 Å². The first-order chi connectivity index (χ1) is 8.23. The van der Waals surface area contributed by atoms with Crippen molar-refractivity contribution in [2.45, 2.75) is 38.5 Å². The first-order valence-corrected chi connectivity index (χ1v) is 7.50. The SMILES string of the molecule is CC(CNc1nccn(C(C)(C)C)c1=O)S(C)=O. The second kappa shape index (κ2) is 5.65. The molecule has 6 heteroatoms. The fourth-order valence-corrected chi connectivity index (χ4v) is 1.74. The minimum absolute atomic E-state index is 0.0190. The zero-order chi connectivity index (χ0) is 13.9. The van der Waals surface area contributed by atoms with Crippen LogP contribution in [0.5, 0.6) is 0 Å². The summed E-state index contributed by atoms with van der Waals surface area (Å²) in [5.41, 5.74) is -0.436. The van der Waals surface area contributed by atoms with Crippen LogP contribution in [0.4, 0.5) is 5.82 Å². The predicted molar refractivity (Wildman–Crippen MR) is 75.5 cm³/mol. The lowest BCUT2D eigenvalue weighted by Crippen LogP contribution is -2.36. The molecule has 102 valence electrons. The summed E-state index contributed by atoms with van der Waals surface area (Å²) in [6, 6.07) is 0. The quantitative estimate of drug-likeness (QED) is 0.893. The van der Waals surface area contributed by atoms with E-state index < -0.39 is 10.8 Å². The summed E-state index contributed by atoms with van der Waals surface area (Å²) >= 11 is 0. The van der Waals surface area contributed by atoms with Crippen molar-refractivity contribution in [1.82, 2.24) is 9.55 Å². The second-order valence-electron chi connectivity index (χ2n) is 5.31. The molecular formula is C12H21N3O2S. The number of hydrogen-bond acceptors (Lipinski definition) is 4. The van der Waals surface area contributed by atoms with Gasteiger partial charge in [0.05, 0.1) is 0 Å². The minimum Gasteiger partial charge on any atom is -0.364 e. The van der Waals surface area contributed by atoms with Crippen LogP contribution in [0.1, 0.15) is 27.7 Å². The maximum absolute atomic E-state index is 12.2. The topological polar surface area (TPSA) is 64.0 Å². The fraction of sp³-hybridized carbons (Fsp3) is 0.667. The van der Waals surface area contributed by atoms with E-state index in [1.54, 1.807) is 23.2 Å². The molecule has 1 N–H and O–H groups in total. The molecule has 0 saturated carbocycles. The summed E-state index contributed by atoms with van der Waals surface area (Å²) < 4.78 is 12.9. The third-order valence-electron chi connectivity index (χ3n) is 2.69. The van der Waals surface area contributed by atoms with Gasteiger partial charge < -0.3 is 9.88 Å². The van der Waals surface area contributed by atoms with Gasteiger partial charge in [-0.15, -0.1) is 0 Å². The van der Waals surface area contributed by atoms with Gasteiger partial charge in [0.2, 0.25) is 0 Å². The molecule has 0 aliphatic heterocycles. The molecule has 0 fully saturated rings. The predicted octanol–water partition coefficient (Wildman–Crippen LogP) is 1.18. The molecule has 0 saturated heterocycles. The third kappa shape index (κ3) is 3.66. The highest BCUT2D eigenvalue weighted by atomic mass is 32.2. The molecule has 0 amide bonds. The maximum Gasteiger partial charge on any atom is 0.293 e. The number of rotatable bonds is 4. The van der Waals surface area contributed by atoms with Crippen LogP contribution in [0.2, 0.25) is 0 Å². The monoisotopic (exact) mass is 271 g/mol. The van der Waals surface area contributed by atoms with Crippen LogP contribution in [0.3, 0.4) is 0 Å². The van der Waals surface area contributed by atoms with Gasteiger partial charge in [-0.3, -0.25) is 9.00 Å². The van der Waals surface area contributed by atoms with Gasteiger partial charge in [0.1, 0.15) is 0 Å². The Morgan fingerprint density at radius 1 is 1.50 bits per heavy atom. The molecule has 0 bridgehead atoms. The number of aromatic nitrogens is 2.